The zero-order chi connectivity index (χ0) is 20.7. The Balaban J connectivity index is 1.61. The number of benzene rings is 2. The third kappa shape index (κ3) is 3.10. The van der Waals surface area contributed by atoms with E-state index in [0.29, 0.717) is 18.1 Å². The minimum absolute atomic E-state index is 0.436. The molecule has 2 aromatic carbocycles. The van der Waals surface area contributed by atoms with Crippen LogP contribution in [-0.2, 0) is 19.4 Å². The van der Waals surface area contributed by atoms with E-state index < -0.39 is 5.91 Å². The highest BCUT2D eigenvalue weighted by atomic mass is 16.1. The molecule has 6 heteroatoms. The number of nitrogens with zero attached hydrogens (tertiary/aromatic N) is 3. The fraction of sp³-hybridized carbons (Fsp3) is 0.208. The monoisotopic (exact) mass is 396 g/mol. The van der Waals surface area contributed by atoms with Crippen LogP contribution in [0.2, 0.25) is 0 Å². The van der Waals surface area contributed by atoms with Crippen LogP contribution < -0.4 is 11.1 Å². The fourth-order valence-corrected chi connectivity index (χ4v) is 4.24. The van der Waals surface area contributed by atoms with Gasteiger partial charge in [0.05, 0.1) is 11.2 Å². The molecule has 149 valence electrons. The number of aromatic nitrogens is 3. The molecule has 2 heterocycles. The molecule has 0 saturated heterocycles. The van der Waals surface area contributed by atoms with Crippen molar-refractivity contribution in [1.29, 1.82) is 0 Å². The first kappa shape index (κ1) is 18.4. The number of hydrogen-bond acceptors (Lipinski definition) is 4. The van der Waals surface area contributed by atoms with Crippen molar-refractivity contribution in [2.24, 2.45) is 5.73 Å². The summed E-state index contributed by atoms with van der Waals surface area (Å²) in [5.74, 6) is 1.06. The van der Waals surface area contributed by atoms with Crippen molar-refractivity contribution in [2.45, 2.75) is 32.7 Å². The Kier molecular flexibility index (Phi) is 4.47. The number of nitrogens with one attached hydrogen (secondary N) is 1. The average molecular weight is 396 g/mol. The molecule has 2 aromatic heterocycles. The Morgan fingerprint density at radius 3 is 2.93 bits per heavy atom. The van der Waals surface area contributed by atoms with Gasteiger partial charge in [0, 0.05) is 28.8 Å². The van der Waals surface area contributed by atoms with Crippen molar-refractivity contribution in [3.8, 4) is 5.95 Å². The van der Waals surface area contributed by atoms with Gasteiger partial charge in [0.1, 0.15) is 5.82 Å². The number of carbonyl (C=O) groups excluding carboxylic acids is 1. The van der Waals surface area contributed by atoms with Crippen molar-refractivity contribution >= 4 is 22.6 Å². The van der Waals surface area contributed by atoms with Gasteiger partial charge < -0.3 is 11.1 Å². The smallest absolute Gasteiger partial charge is 0.249 e. The quantitative estimate of drug-likeness (QED) is 0.538. The second kappa shape index (κ2) is 7.30. The van der Waals surface area contributed by atoms with Crippen molar-refractivity contribution in [2.75, 3.05) is 5.32 Å². The SMILES string of the molecule is Cc1cc2c(C(N)=O)cccc2n1-c1nc2c(c(NCc3c[c]ccc3)n1)CCC2. The van der Waals surface area contributed by atoms with E-state index in [0.717, 1.165) is 52.9 Å². The van der Waals surface area contributed by atoms with Crippen LogP contribution >= 0.6 is 0 Å². The lowest BCUT2D eigenvalue weighted by Crippen LogP contribution is -2.12. The number of nitrogens with two attached hydrogens (primary N) is 1. The summed E-state index contributed by atoms with van der Waals surface area (Å²) >= 11 is 0. The van der Waals surface area contributed by atoms with Gasteiger partial charge in [0.2, 0.25) is 11.9 Å². The van der Waals surface area contributed by atoms with Gasteiger partial charge in [-0.15, -0.1) is 0 Å². The number of fused-ring (bicyclic) bond motifs is 2. The number of anilines is 1. The maximum atomic E-state index is 11.9. The first-order valence-electron chi connectivity index (χ1n) is 10.1. The van der Waals surface area contributed by atoms with Crippen molar-refractivity contribution < 1.29 is 4.79 Å². The fourth-order valence-electron chi connectivity index (χ4n) is 4.24. The molecule has 0 aliphatic heterocycles. The highest BCUT2D eigenvalue weighted by Gasteiger charge is 2.22. The zero-order valence-corrected chi connectivity index (χ0v) is 16.8. The van der Waals surface area contributed by atoms with E-state index in [-0.39, 0.29) is 0 Å². The van der Waals surface area contributed by atoms with Gasteiger partial charge in [-0.1, -0.05) is 24.3 Å². The van der Waals surface area contributed by atoms with Crippen LogP contribution in [0.4, 0.5) is 5.82 Å². The third-order valence-corrected chi connectivity index (χ3v) is 5.65. The molecule has 6 nitrogen and oxygen atoms in total. The van der Waals surface area contributed by atoms with E-state index in [1.54, 1.807) is 6.07 Å². The largest absolute Gasteiger partial charge is 0.366 e. The Morgan fingerprint density at radius 2 is 2.13 bits per heavy atom. The summed E-state index contributed by atoms with van der Waals surface area (Å²) in [4.78, 5) is 21.7. The van der Waals surface area contributed by atoms with Crippen LogP contribution in [-0.4, -0.2) is 20.4 Å². The van der Waals surface area contributed by atoms with Gasteiger partial charge in [-0.3, -0.25) is 9.36 Å². The average Bonchev–Trinajstić information content (AvgIpc) is 3.35. The lowest BCUT2D eigenvalue weighted by Gasteiger charge is -2.14. The maximum Gasteiger partial charge on any atom is 0.249 e. The summed E-state index contributed by atoms with van der Waals surface area (Å²) in [6.07, 6.45) is 3.01. The lowest BCUT2D eigenvalue weighted by molar-refractivity contribution is 0.100. The number of aryl methyl sites for hydroxylation is 2. The Hall–Kier alpha value is -3.67. The molecule has 30 heavy (non-hydrogen) atoms. The minimum atomic E-state index is -0.436. The minimum Gasteiger partial charge on any atom is -0.366 e. The van der Waals surface area contributed by atoms with Crippen LogP contribution in [0.1, 0.15) is 39.3 Å². The number of rotatable bonds is 5. The molecule has 0 unspecified atom stereocenters. The maximum absolute atomic E-state index is 11.9. The van der Waals surface area contributed by atoms with Crippen molar-refractivity contribution in [3.63, 3.8) is 0 Å². The summed E-state index contributed by atoms with van der Waals surface area (Å²) < 4.78 is 2.00. The number of primary amides is 1. The van der Waals surface area contributed by atoms with Crippen LogP contribution in [0.3, 0.4) is 0 Å². The highest BCUT2D eigenvalue weighted by Crippen LogP contribution is 2.30. The summed E-state index contributed by atoms with van der Waals surface area (Å²) in [5.41, 5.74) is 11.4. The van der Waals surface area contributed by atoms with Crippen LogP contribution in [0.5, 0.6) is 0 Å². The second-order valence-electron chi connectivity index (χ2n) is 7.64. The number of hydrogen-bond donors (Lipinski definition) is 2. The van der Waals surface area contributed by atoms with E-state index in [2.05, 4.69) is 17.4 Å². The molecule has 0 fully saturated rings. The number of amides is 1. The number of carbonyl (C=O) groups is 1. The van der Waals surface area contributed by atoms with Crippen molar-refractivity contribution in [1.82, 2.24) is 14.5 Å². The highest BCUT2D eigenvalue weighted by molar-refractivity contribution is 6.06. The standard InChI is InChI=1S/C24H22N5O/c1-15-13-19-17(22(25)30)9-6-12-21(19)29(15)24-27-20-11-5-10-18(20)23(28-24)26-14-16-7-3-2-4-8-16/h2-3,6-9,12-13H,5,10-11,14H2,1H3,(H2,25,30)(H,26,27,28). The molecule has 0 atom stereocenters. The van der Waals surface area contributed by atoms with Gasteiger partial charge in [0.25, 0.3) is 0 Å². The van der Waals surface area contributed by atoms with Gasteiger partial charge in [-0.2, -0.15) is 4.98 Å². The van der Waals surface area contributed by atoms with Gasteiger partial charge in [-0.25, -0.2) is 4.98 Å². The summed E-state index contributed by atoms with van der Waals surface area (Å²) in [6.45, 7) is 2.67. The molecular weight excluding hydrogens is 374 g/mol. The zero-order valence-electron chi connectivity index (χ0n) is 16.8. The first-order valence-corrected chi connectivity index (χ1v) is 10.1. The predicted octanol–water partition coefficient (Wildman–Crippen LogP) is 3.73. The van der Waals surface area contributed by atoms with E-state index in [4.69, 9.17) is 15.7 Å². The van der Waals surface area contributed by atoms with Crippen LogP contribution in [0.15, 0.2) is 48.5 Å². The van der Waals surface area contributed by atoms with Gasteiger partial charge >= 0.3 is 0 Å². The van der Waals surface area contributed by atoms with E-state index >= 15 is 0 Å². The molecule has 1 amide bonds. The topological polar surface area (TPSA) is 85.8 Å². The third-order valence-electron chi connectivity index (χ3n) is 5.65. The summed E-state index contributed by atoms with van der Waals surface area (Å²) in [6, 6.07) is 18.6. The molecule has 0 bridgehead atoms. The predicted molar refractivity (Wildman–Crippen MR) is 117 cm³/mol. The molecule has 0 saturated carbocycles. The molecule has 1 aliphatic rings. The van der Waals surface area contributed by atoms with Crippen LogP contribution in [0, 0.1) is 13.0 Å². The van der Waals surface area contributed by atoms with Crippen molar-refractivity contribution in [3.05, 3.63) is 82.7 Å². The van der Waals surface area contributed by atoms with Gasteiger partial charge in [0.15, 0.2) is 0 Å². The molecule has 1 aliphatic carbocycles. The van der Waals surface area contributed by atoms with Gasteiger partial charge in [-0.05, 0) is 62.1 Å². The lowest BCUT2D eigenvalue weighted by atomic mass is 10.1. The Labute approximate surface area is 174 Å². The molecular formula is C24H22N5O. The Morgan fingerprint density at radius 1 is 1.23 bits per heavy atom. The summed E-state index contributed by atoms with van der Waals surface area (Å²) in [7, 11) is 0. The molecule has 3 N–H and O–H groups in total. The first-order chi connectivity index (χ1) is 14.6. The van der Waals surface area contributed by atoms with Crippen LogP contribution in [0.25, 0.3) is 16.9 Å². The Bertz CT molecular complexity index is 1260. The summed E-state index contributed by atoms with van der Waals surface area (Å²) in [5, 5.41) is 4.32. The molecule has 5 rings (SSSR count). The molecule has 0 spiro atoms. The molecule has 1 radical (unpaired) electrons. The van der Waals surface area contributed by atoms with E-state index in [1.165, 1.54) is 5.56 Å². The normalized spacial score (nSPS) is 12.8. The second-order valence-corrected chi connectivity index (χ2v) is 7.64. The molecule has 4 aromatic rings. The van der Waals surface area contributed by atoms with E-state index in [9.17, 15) is 4.79 Å². The van der Waals surface area contributed by atoms with E-state index in [1.807, 2.05) is 47.9 Å².